The number of nitrogens with one attached hydrogen (secondary N) is 1. The predicted octanol–water partition coefficient (Wildman–Crippen LogP) is 1.83. The van der Waals surface area contributed by atoms with E-state index in [-0.39, 0.29) is 6.10 Å². The second-order valence-corrected chi connectivity index (χ2v) is 4.90. The molecular weight excluding hydrogens is 226 g/mol. The topological polar surface area (TPSA) is 37.4 Å². The zero-order valence-electron chi connectivity index (χ0n) is 12.2. The molecule has 102 valence electrons. The van der Waals surface area contributed by atoms with Crippen LogP contribution in [0.2, 0.25) is 0 Å². The highest BCUT2D eigenvalue weighted by atomic mass is 16.5. The number of rotatable bonds is 7. The SMILES string of the molecule is CCNCc1cnc(C)cc1OC(C)CN(C)C. The molecule has 0 saturated heterocycles. The first-order valence-corrected chi connectivity index (χ1v) is 6.50. The summed E-state index contributed by atoms with van der Waals surface area (Å²) in [6, 6.07) is 2.01. The summed E-state index contributed by atoms with van der Waals surface area (Å²) in [5, 5.41) is 3.31. The fraction of sp³-hybridized carbons (Fsp3) is 0.643. The van der Waals surface area contributed by atoms with Gasteiger partial charge < -0.3 is 15.0 Å². The van der Waals surface area contributed by atoms with Gasteiger partial charge in [-0.1, -0.05) is 6.92 Å². The average Bonchev–Trinajstić information content (AvgIpc) is 2.26. The predicted molar refractivity (Wildman–Crippen MR) is 75.0 cm³/mol. The Morgan fingerprint density at radius 3 is 2.78 bits per heavy atom. The quantitative estimate of drug-likeness (QED) is 0.802. The zero-order chi connectivity index (χ0) is 13.5. The van der Waals surface area contributed by atoms with Crippen molar-refractivity contribution in [3.05, 3.63) is 23.5 Å². The second kappa shape index (κ2) is 7.34. The first-order valence-electron chi connectivity index (χ1n) is 6.50. The molecule has 4 heteroatoms. The third-order valence-corrected chi connectivity index (χ3v) is 2.60. The Bertz CT molecular complexity index is 366. The van der Waals surface area contributed by atoms with E-state index >= 15 is 0 Å². The van der Waals surface area contributed by atoms with Crippen molar-refractivity contribution < 1.29 is 4.74 Å². The molecule has 1 N–H and O–H groups in total. The lowest BCUT2D eigenvalue weighted by molar-refractivity contribution is 0.175. The molecule has 0 amide bonds. The minimum absolute atomic E-state index is 0.169. The molecular formula is C14H25N3O. The highest BCUT2D eigenvalue weighted by Crippen LogP contribution is 2.20. The number of aromatic nitrogens is 1. The van der Waals surface area contributed by atoms with Crippen molar-refractivity contribution in [2.24, 2.45) is 0 Å². The molecule has 0 saturated carbocycles. The van der Waals surface area contributed by atoms with E-state index in [0.717, 1.165) is 36.6 Å². The van der Waals surface area contributed by atoms with Crippen molar-refractivity contribution >= 4 is 0 Å². The Labute approximate surface area is 110 Å². The van der Waals surface area contributed by atoms with E-state index < -0.39 is 0 Å². The molecule has 0 spiro atoms. The van der Waals surface area contributed by atoms with Crippen LogP contribution in [0.1, 0.15) is 25.1 Å². The lowest BCUT2D eigenvalue weighted by atomic mass is 10.2. The molecule has 0 aliphatic carbocycles. The summed E-state index contributed by atoms with van der Waals surface area (Å²) in [6.07, 6.45) is 2.07. The first kappa shape index (κ1) is 14.9. The summed E-state index contributed by atoms with van der Waals surface area (Å²) in [6.45, 7) is 8.82. The Morgan fingerprint density at radius 1 is 1.44 bits per heavy atom. The van der Waals surface area contributed by atoms with E-state index in [0.29, 0.717) is 0 Å². The van der Waals surface area contributed by atoms with Gasteiger partial charge in [-0.15, -0.1) is 0 Å². The molecule has 0 bridgehead atoms. The van der Waals surface area contributed by atoms with Gasteiger partial charge in [0.15, 0.2) is 0 Å². The molecule has 0 aromatic carbocycles. The Balaban J connectivity index is 2.74. The van der Waals surface area contributed by atoms with E-state index in [4.69, 9.17) is 4.74 Å². The average molecular weight is 251 g/mol. The molecule has 0 radical (unpaired) electrons. The van der Waals surface area contributed by atoms with Crippen LogP contribution in [0.25, 0.3) is 0 Å². The first-order chi connectivity index (χ1) is 8.52. The van der Waals surface area contributed by atoms with Gasteiger partial charge in [0.25, 0.3) is 0 Å². The summed E-state index contributed by atoms with van der Waals surface area (Å²) in [7, 11) is 4.11. The molecule has 1 aromatic rings. The number of likely N-dealkylation sites (N-methyl/N-ethyl adjacent to an activating group) is 1. The van der Waals surface area contributed by atoms with Gasteiger partial charge >= 0.3 is 0 Å². The normalized spacial score (nSPS) is 12.8. The van der Waals surface area contributed by atoms with Gasteiger partial charge in [-0.25, -0.2) is 0 Å². The largest absolute Gasteiger partial charge is 0.489 e. The molecule has 4 nitrogen and oxygen atoms in total. The lowest BCUT2D eigenvalue weighted by Crippen LogP contribution is -2.28. The number of hydrogen-bond acceptors (Lipinski definition) is 4. The van der Waals surface area contributed by atoms with Gasteiger partial charge in [0, 0.05) is 36.6 Å². The van der Waals surface area contributed by atoms with Crippen molar-refractivity contribution in [1.82, 2.24) is 15.2 Å². The maximum atomic E-state index is 6.01. The molecule has 1 atom stereocenters. The van der Waals surface area contributed by atoms with Crippen molar-refractivity contribution in [2.75, 3.05) is 27.2 Å². The van der Waals surface area contributed by atoms with Gasteiger partial charge in [0.2, 0.25) is 0 Å². The Kier molecular flexibility index (Phi) is 6.09. The highest BCUT2D eigenvalue weighted by molar-refractivity contribution is 5.33. The molecule has 0 aliphatic rings. The minimum atomic E-state index is 0.169. The maximum absolute atomic E-state index is 6.01. The second-order valence-electron chi connectivity index (χ2n) is 4.90. The fourth-order valence-electron chi connectivity index (χ4n) is 1.83. The maximum Gasteiger partial charge on any atom is 0.127 e. The molecule has 1 rings (SSSR count). The van der Waals surface area contributed by atoms with Crippen LogP contribution in [0.4, 0.5) is 0 Å². The van der Waals surface area contributed by atoms with E-state index in [2.05, 4.69) is 43.1 Å². The van der Waals surface area contributed by atoms with E-state index in [1.165, 1.54) is 0 Å². The summed E-state index contributed by atoms with van der Waals surface area (Å²) < 4.78 is 6.01. The van der Waals surface area contributed by atoms with Gasteiger partial charge in [0.1, 0.15) is 11.9 Å². The highest BCUT2D eigenvalue weighted by Gasteiger charge is 2.10. The van der Waals surface area contributed by atoms with E-state index in [1.807, 2.05) is 19.2 Å². The fourth-order valence-corrected chi connectivity index (χ4v) is 1.83. The lowest BCUT2D eigenvalue weighted by Gasteiger charge is -2.20. The van der Waals surface area contributed by atoms with Crippen LogP contribution in [0.15, 0.2) is 12.3 Å². The summed E-state index contributed by atoms with van der Waals surface area (Å²) in [4.78, 5) is 6.46. The smallest absolute Gasteiger partial charge is 0.127 e. The number of ether oxygens (including phenoxy) is 1. The van der Waals surface area contributed by atoms with Crippen LogP contribution in [-0.4, -0.2) is 43.2 Å². The van der Waals surface area contributed by atoms with Crippen molar-refractivity contribution in [3.63, 3.8) is 0 Å². The van der Waals surface area contributed by atoms with Gasteiger partial charge in [0.05, 0.1) is 0 Å². The van der Waals surface area contributed by atoms with Crippen LogP contribution < -0.4 is 10.1 Å². The van der Waals surface area contributed by atoms with Gasteiger partial charge in [-0.05, 0) is 34.5 Å². The molecule has 1 heterocycles. The van der Waals surface area contributed by atoms with Crippen LogP contribution in [-0.2, 0) is 6.54 Å². The Hall–Kier alpha value is -1.13. The van der Waals surface area contributed by atoms with Crippen LogP contribution in [0.3, 0.4) is 0 Å². The molecule has 1 aromatic heterocycles. The van der Waals surface area contributed by atoms with Gasteiger partial charge in [-0.3, -0.25) is 4.98 Å². The minimum Gasteiger partial charge on any atom is -0.489 e. The standard InChI is InChI=1S/C14H25N3O/c1-6-15-8-13-9-16-11(2)7-14(13)18-12(3)10-17(4)5/h7,9,12,15H,6,8,10H2,1-5H3. The van der Waals surface area contributed by atoms with Crippen molar-refractivity contribution in [2.45, 2.75) is 33.4 Å². The molecule has 18 heavy (non-hydrogen) atoms. The van der Waals surface area contributed by atoms with E-state index in [1.54, 1.807) is 0 Å². The number of hydrogen-bond donors (Lipinski definition) is 1. The number of pyridine rings is 1. The number of aryl methyl sites for hydroxylation is 1. The van der Waals surface area contributed by atoms with E-state index in [9.17, 15) is 0 Å². The zero-order valence-corrected chi connectivity index (χ0v) is 12.2. The molecule has 1 unspecified atom stereocenters. The van der Waals surface area contributed by atoms with Crippen molar-refractivity contribution in [3.8, 4) is 5.75 Å². The monoisotopic (exact) mass is 251 g/mol. The molecule has 0 aliphatic heterocycles. The summed E-state index contributed by atoms with van der Waals surface area (Å²) in [5.41, 5.74) is 2.11. The van der Waals surface area contributed by atoms with Crippen LogP contribution in [0.5, 0.6) is 5.75 Å². The van der Waals surface area contributed by atoms with Crippen LogP contribution in [0, 0.1) is 6.92 Å². The van der Waals surface area contributed by atoms with Crippen molar-refractivity contribution in [1.29, 1.82) is 0 Å². The third kappa shape index (κ3) is 5.02. The number of nitrogens with zero attached hydrogens (tertiary/aromatic N) is 2. The summed E-state index contributed by atoms with van der Waals surface area (Å²) in [5.74, 6) is 0.942. The van der Waals surface area contributed by atoms with Crippen LogP contribution >= 0.6 is 0 Å². The third-order valence-electron chi connectivity index (χ3n) is 2.60. The molecule has 0 fully saturated rings. The Morgan fingerprint density at radius 2 is 2.17 bits per heavy atom. The summed E-state index contributed by atoms with van der Waals surface area (Å²) >= 11 is 0. The van der Waals surface area contributed by atoms with Gasteiger partial charge in [-0.2, -0.15) is 0 Å².